The first-order chi connectivity index (χ1) is 15.2. The summed E-state index contributed by atoms with van der Waals surface area (Å²) in [6.45, 7) is 7.40. The summed E-state index contributed by atoms with van der Waals surface area (Å²) in [4.78, 5) is 40.1. The maximum absolute atomic E-state index is 13.7. The predicted molar refractivity (Wildman–Crippen MR) is 121 cm³/mol. The first-order valence-corrected chi connectivity index (χ1v) is 11.0. The second-order valence-corrected chi connectivity index (χ2v) is 9.23. The van der Waals surface area contributed by atoms with Crippen molar-refractivity contribution in [2.75, 3.05) is 6.61 Å². The first-order valence-electron chi connectivity index (χ1n) is 11.0. The summed E-state index contributed by atoms with van der Waals surface area (Å²) in [5.74, 6) is -1.92. The molecule has 0 aromatic heterocycles. The quantitative estimate of drug-likeness (QED) is 0.586. The number of cyclic esters (lactones) is 1. The van der Waals surface area contributed by atoms with E-state index in [1.807, 2.05) is 67.6 Å². The fourth-order valence-electron chi connectivity index (χ4n) is 3.98. The van der Waals surface area contributed by atoms with Crippen molar-refractivity contribution < 1.29 is 23.9 Å². The van der Waals surface area contributed by atoms with Gasteiger partial charge in [0, 0.05) is 0 Å². The molecule has 2 aromatic carbocycles. The van der Waals surface area contributed by atoms with Gasteiger partial charge in [-0.15, -0.1) is 0 Å². The maximum Gasteiger partial charge on any atom is 0.416 e. The van der Waals surface area contributed by atoms with Crippen LogP contribution in [0.5, 0.6) is 0 Å². The number of benzene rings is 2. The van der Waals surface area contributed by atoms with Crippen molar-refractivity contribution in [3.8, 4) is 0 Å². The molecular formula is C26H31NO5. The molecule has 0 radical (unpaired) electrons. The van der Waals surface area contributed by atoms with Crippen molar-refractivity contribution in [3.05, 3.63) is 71.8 Å². The highest BCUT2D eigenvalue weighted by Crippen LogP contribution is 2.32. The molecule has 3 atom stereocenters. The SMILES string of the molecule is C[C@@H](c1ccccc1)[C@@H](CC(=O)OC(C)(C)C)C(=O)N1C(=O)OC[C@H]1Cc1ccccc1. The molecule has 1 fully saturated rings. The molecule has 0 saturated carbocycles. The van der Waals surface area contributed by atoms with E-state index < -0.39 is 35.5 Å². The van der Waals surface area contributed by atoms with Crippen LogP contribution in [-0.2, 0) is 25.5 Å². The van der Waals surface area contributed by atoms with Crippen molar-refractivity contribution in [3.63, 3.8) is 0 Å². The Kier molecular flexibility index (Phi) is 7.33. The van der Waals surface area contributed by atoms with E-state index in [9.17, 15) is 14.4 Å². The Morgan fingerprint density at radius 2 is 1.66 bits per heavy atom. The van der Waals surface area contributed by atoms with Gasteiger partial charge >= 0.3 is 12.1 Å². The van der Waals surface area contributed by atoms with Gasteiger partial charge in [-0.2, -0.15) is 0 Å². The number of hydrogen-bond donors (Lipinski definition) is 0. The van der Waals surface area contributed by atoms with E-state index in [-0.39, 0.29) is 18.9 Å². The molecule has 0 N–H and O–H groups in total. The van der Waals surface area contributed by atoms with Gasteiger partial charge in [0.1, 0.15) is 12.2 Å². The molecule has 1 aliphatic heterocycles. The third kappa shape index (κ3) is 5.96. The Bertz CT molecular complexity index is 936. The van der Waals surface area contributed by atoms with Gasteiger partial charge in [-0.1, -0.05) is 67.6 Å². The van der Waals surface area contributed by atoms with Crippen LogP contribution in [0, 0.1) is 5.92 Å². The predicted octanol–water partition coefficient (Wildman–Crippen LogP) is 4.73. The van der Waals surface area contributed by atoms with Gasteiger partial charge in [0.15, 0.2) is 0 Å². The minimum absolute atomic E-state index is 0.117. The summed E-state index contributed by atoms with van der Waals surface area (Å²) in [7, 11) is 0. The van der Waals surface area contributed by atoms with E-state index in [1.165, 1.54) is 4.90 Å². The second kappa shape index (κ2) is 9.98. The molecule has 0 aliphatic carbocycles. The van der Waals surface area contributed by atoms with Gasteiger partial charge < -0.3 is 9.47 Å². The van der Waals surface area contributed by atoms with Gasteiger partial charge in [0.25, 0.3) is 0 Å². The molecule has 3 rings (SSSR count). The fourth-order valence-corrected chi connectivity index (χ4v) is 3.98. The van der Waals surface area contributed by atoms with Crippen LogP contribution in [0.3, 0.4) is 0 Å². The summed E-state index contributed by atoms with van der Waals surface area (Å²) in [5.41, 5.74) is 1.26. The van der Waals surface area contributed by atoms with Crippen LogP contribution in [0.15, 0.2) is 60.7 Å². The second-order valence-electron chi connectivity index (χ2n) is 9.23. The van der Waals surface area contributed by atoms with Crippen molar-refractivity contribution >= 4 is 18.0 Å². The molecule has 6 nitrogen and oxygen atoms in total. The zero-order valence-corrected chi connectivity index (χ0v) is 19.1. The average Bonchev–Trinajstić information content (AvgIpc) is 3.11. The van der Waals surface area contributed by atoms with Crippen molar-refractivity contribution in [2.45, 2.75) is 58.1 Å². The fraction of sp³-hybridized carbons (Fsp3) is 0.423. The molecule has 0 spiro atoms. The number of esters is 1. The van der Waals surface area contributed by atoms with Crippen molar-refractivity contribution in [1.29, 1.82) is 0 Å². The lowest BCUT2D eigenvalue weighted by molar-refractivity contribution is -0.158. The molecule has 1 aliphatic rings. The average molecular weight is 438 g/mol. The van der Waals surface area contributed by atoms with Gasteiger partial charge in [-0.05, 0) is 44.2 Å². The van der Waals surface area contributed by atoms with Gasteiger partial charge in [-0.3, -0.25) is 9.59 Å². The first kappa shape index (κ1) is 23.5. The lowest BCUT2D eigenvalue weighted by Gasteiger charge is -2.29. The Labute approximate surface area is 189 Å². The molecule has 170 valence electrons. The molecule has 1 saturated heterocycles. The van der Waals surface area contributed by atoms with Gasteiger partial charge in [0.05, 0.1) is 18.4 Å². The molecule has 0 unspecified atom stereocenters. The van der Waals surface area contributed by atoms with Crippen LogP contribution in [0.4, 0.5) is 4.79 Å². The zero-order valence-electron chi connectivity index (χ0n) is 19.1. The monoisotopic (exact) mass is 437 g/mol. The number of nitrogens with zero attached hydrogens (tertiary/aromatic N) is 1. The number of amides is 2. The lowest BCUT2D eigenvalue weighted by atomic mass is 9.84. The summed E-state index contributed by atoms with van der Waals surface area (Å²) >= 11 is 0. The molecule has 6 heteroatoms. The van der Waals surface area contributed by atoms with E-state index in [1.54, 1.807) is 20.8 Å². The molecule has 2 amide bonds. The number of imide groups is 1. The topological polar surface area (TPSA) is 72.9 Å². The van der Waals surface area contributed by atoms with Crippen LogP contribution in [0.1, 0.15) is 51.2 Å². The Hall–Kier alpha value is -3.15. The third-order valence-corrected chi connectivity index (χ3v) is 5.57. The minimum Gasteiger partial charge on any atom is -0.460 e. The summed E-state index contributed by atoms with van der Waals surface area (Å²) in [5, 5.41) is 0. The number of carbonyl (C=O) groups excluding carboxylic acids is 3. The normalized spacial score (nSPS) is 18.1. The van der Waals surface area contributed by atoms with Crippen LogP contribution in [0.2, 0.25) is 0 Å². The number of ether oxygens (including phenoxy) is 2. The van der Waals surface area contributed by atoms with Gasteiger partial charge in [-0.25, -0.2) is 9.69 Å². The summed E-state index contributed by atoms with van der Waals surface area (Å²) in [6, 6.07) is 18.8. The number of carbonyl (C=O) groups is 3. The molecule has 1 heterocycles. The highest BCUT2D eigenvalue weighted by Gasteiger charge is 2.43. The van der Waals surface area contributed by atoms with Crippen LogP contribution in [-0.4, -0.2) is 41.1 Å². The lowest BCUT2D eigenvalue weighted by Crippen LogP contribution is -2.45. The van der Waals surface area contributed by atoms with E-state index in [0.29, 0.717) is 6.42 Å². The Morgan fingerprint density at radius 3 is 2.25 bits per heavy atom. The van der Waals surface area contributed by atoms with Gasteiger partial charge in [0.2, 0.25) is 5.91 Å². The highest BCUT2D eigenvalue weighted by atomic mass is 16.6. The standard InChI is InChI=1S/C26H31NO5/c1-18(20-13-9-6-10-14-20)22(16-23(28)32-26(2,3)4)24(29)27-21(17-31-25(27)30)15-19-11-7-5-8-12-19/h5-14,18,21-22H,15-17H2,1-4H3/t18-,21+,22+/m0/s1. The highest BCUT2D eigenvalue weighted by molar-refractivity contribution is 5.96. The summed E-state index contributed by atoms with van der Waals surface area (Å²) < 4.78 is 10.7. The molecular weight excluding hydrogens is 406 g/mol. The Morgan fingerprint density at radius 1 is 1.06 bits per heavy atom. The summed E-state index contributed by atoms with van der Waals surface area (Å²) in [6.07, 6.45) is -0.282. The molecule has 32 heavy (non-hydrogen) atoms. The van der Waals surface area contributed by atoms with Crippen molar-refractivity contribution in [1.82, 2.24) is 4.90 Å². The van der Waals surface area contributed by atoms with Crippen LogP contribution in [0.25, 0.3) is 0 Å². The zero-order chi connectivity index (χ0) is 23.3. The third-order valence-electron chi connectivity index (χ3n) is 5.57. The number of rotatable bonds is 7. The van der Waals surface area contributed by atoms with E-state index in [4.69, 9.17) is 9.47 Å². The maximum atomic E-state index is 13.7. The molecule has 2 aromatic rings. The van der Waals surface area contributed by atoms with E-state index in [2.05, 4.69) is 0 Å². The van der Waals surface area contributed by atoms with Crippen LogP contribution >= 0.6 is 0 Å². The Balaban J connectivity index is 1.87. The minimum atomic E-state index is -0.754. The smallest absolute Gasteiger partial charge is 0.416 e. The number of hydrogen-bond acceptors (Lipinski definition) is 5. The van der Waals surface area contributed by atoms with Crippen molar-refractivity contribution in [2.24, 2.45) is 5.92 Å². The largest absolute Gasteiger partial charge is 0.460 e. The van der Waals surface area contributed by atoms with E-state index in [0.717, 1.165) is 11.1 Å². The van der Waals surface area contributed by atoms with Crippen LogP contribution < -0.4 is 0 Å². The van der Waals surface area contributed by atoms with E-state index >= 15 is 0 Å². The molecule has 0 bridgehead atoms.